The molecule has 0 bridgehead atoms. The number of alkyl halides is 3. The van der Waals surface area contributed by atoms with Crippen molar-refractivity contribution in [3.05, 3.63) is 11.6 Å². The largest absolute Gasteiger partial charge is 0.440 e. The van der Waals surface area contributed by atoms with Crippen LogP contribution in [0.3, 0.4) is 0 Å². The molecule has 2 atom stereocenters. The van der Waals surface area contributed by atoms with Gasteiger partial charge in [0.1, 0.15) is 11.6 Å². The number of hydrogen-bond donors (Lipinski definition) is 0. The number of nitriles is 1. The van der Waals surface area contributed by atoms with Gasteiger partial charge in [0.15, 0.2) is 12.3 Å². The van der Waals surface area contributed by atoms with Crippen molar-refractivity contribution in [2.24, 2.45) is 0 Å². The molecular formula is C20H23F3N4O5. The van der Waals surface area contributed by atoms with Gasteiger partial charge in [0.25, 0.3) is 11.8 Å². The van der Waals surface area contributed by atoms with Crippen molar-refractivity contribution in [1.29, 1.82) is 5.26 Å². The number of halogens is 3. The molecule has 3 saturated heterocycles. The summed E-state index contributed by atoms with van der Waals surface area (Å²) in [5.41, 5.74) is -1.38. The maximum Gasteiger partial charge on any atom is 0.423 e. The van der Waals surface area contributed by atoms with E-state index in [-0.39, 0.29) is 37.9 Å². The molecule has 0 spiro atoms. The quantitative estimate of drug-likeness (QED) is 0.357. The lowest BCUT2D eigenvalue weighted by molar-refractivity contribution is -0.137. The van der Waals surface area contributed by atoms with E-state index in [1.807, 2.05) is 0 Å². The minimum absolute atomic E-state index is 0.0889. The van der Waals surface area contributed by atoms with Gasteiger partial charge in [-0.3, -0.25) is 19.3 Å². The summed E-state index contributed by atoms with van der Waals surface area (Å²) < 4.78 is 46.5. The molecular weight excluding hydrogens is 433 g/mol. The van der Waals surface area contributed by atoms with E-state index < -0.39 is 60.6 Å². The van der Waals surface area contributed by atoms with Crippen molar-refractivity contribution < 1.29 is 37.1 Å². The fraction of sp³-hybridized carbons (Fsp3) is 0.650. The summed E-state index contributed by atoms with van der Waals surface area (Å²) >= 11 is 0. The highest BCUT2D eigenvalue weighted by atomic mass is 19.3. The first-order valence-corrected chi connectivity index (χ1v) is 10.1. The summed E-state index contributed by atoms with van der Waals surface area (Å²) in [5, 5.41) is 9.45. The monoisotopic (exact) mass is 456 g/mol. The summed E-state index contributed by atoms with van der Waals surface area (Å²) in [6.07, 6.45) is -3.85. The second kappa shape index (κ2) is 8.54. The van der Waals surface area contributed by atoms with Gasteiger partial charge >= 0.3 is 6.09 Å². The minimum atomic E-state index is -2.85. The van der Waals surface area contributed by atoms with Crippen molar-refractivity contribution in [2.45, 2.75) is 56.8 Å². The molecule has 1 unspecified atom stereocenters. The van der Waals surface area contributed by atoms with Gasteiger partial charge in [-0.2, -0.15) is 10.2 Å². The molecule has 3 aliphatic rings. The van der Waals surface area contributed by atoms with E-state index >= 15 is 0 Å². The van der Waals surface area contributed by atoms with Crippen LogP contribution in [0.15, 0.2) is 11.6 Å². The van der Waals surface area contributed by atoms with Gasteiger partial charge in [0.05, 0.1) is 19.6 Å². The molecule has 3 heterocycles. The van der Waals surface area contributed by atoms with Gasteiger partial charge in [0, 0.05) is 31.3 Å². The number of nitrogens with zero attached hydrogens (tertiary/aromatic N) is 4. The summed E-state index contributed by atoms with van der Waals surface area (Å²) in [6.45, 7) is 1.91. The van der Waals surface area contributed by atoms with E-state index in [0.717, 1.165) is 4.90 Å². The number of carbonyl (C=O) groups excluding carboxylic acids is 4. The molecule has 0 radical (unpaired) electrons. The third-order valence-electron chi connectivity index (χ3n) is 5.81. The summed E-state index contributed by atoms with van der Waals surface area (Å²) in [4.78, 5) is 50.8. The number of imide groups is 3. The van der Waals surface area contributed by atoms with Crippen LogP contribution in [-0.4, -0.2) is 88.4 Å². The van der Waals surface area contributed by atoms with Gasteiger partial charge in [-0.15, -0.1) is 0 Å². The van der Waals surface area contributed by atoms with Crippen LogP contribution in [0, 0.1) is 11.3 Å². The van der Waals surface area contributed by atoms with Gasteiger partial charge in [-0.05, 0) is 19.9 Å². The Morgan fingerprint density at radius 3 is 2.38 bits per heavy atom. The maximum atomic E-state index is 14.4. The van der Waals surface area contributed by atoms with Crippen LogP contribution < -0.4 is 0 Å². The average molecular weight is 456 g/mol. The van der Waals surface area contributed by atoms with Crippen molar-refractivity contribution >= 4 is 23.8 Å². The Kier molecular flexibility index (Phi) is 6.33. The second-order valence-electron chi connectivity index (χ2n) is 8.62. The number of rotatable bonds is 4. The van der Waals surface area contributed by atoms with Crippen LogP contribution in [-0.2, 0) is 19.1 Å². The SMILES string of the molecule is CC(C)(C=C(C#N)C(=O)N1CC(OC(=O)N2C(=O)CCC2=O)[C@@H](F)C1)N1CCC(F)(F)C1. The molecule has 0 aromatic carbocycles. The summed E-state index contributed by atoms with van der Waals surface area (Å²) in [7, 11) is 0. The molecule has 0 aromatic rings. The zero-order valence-electron chi connectivity index (χ0n) is 17.6. The molecule has 174 valence electrons. The highest BCUT2D eigenvalue weighted by Crippen LogP contribution is 2.33. The Morgan fingerprint density at radius 2 is 1.84 bits per heavy atom. The Bertz CT molecular complexity index is 897. The molecule has 0 aliphatic carbocycles. The van der Waals surface area contributed by atoms with Gasteiger partial charge < -0.3 is 9.64 Å². The first-order chi connectivity index (χ1) is 14.8. The molecule has 3 aliphatic heterocycles. The first-order valence-electron chi connectivity index (χ1n) is 10.1. The Hall–Kier alpha value is -2.94. The van der Waals surface area contributed by atoms with Crippen LogP contribution in [0.2, 0.25) is 0 Å². The summed E-state index contributed by atoms with van der Waals surface area (Å²) in [5.74, 6) is -5.18. The second-order valence-corrected chi connectivity index (χ2v) is 8.62. The number of ether oxygens (including phenoxy) is 1. The topological polar surface area (TPSA) is 111 Å². The lowest BCUT2D eigenvalue weighted by Crippen LogP contribution is -2.43. The lowest BCUT2D eigenvalue weighted by Gasteiger charge is -2.33. The zero-order valence-corrected chi connectivity index (χ0v) is 17.6. The molecule has 9 nitrogen and oxygen atoms in total. The molecule has 4 amide bonds. The smallest absolute Gasteiger partial charge is 0.423 e. The third-order valence-corrected chi connectivity index (χ3v) is 5.81. The van der Waals surface area contributed by atoms with Crippen LogP contribution in [0.1, 0.15) is 33.1 Å². The number of hydrogen-bond acceptors (Lipinski definition) is 7. The Balaban J connectivity index is 1.67. The fourth-order valence-corrected chi connectivity index (χ4v) is 3.96. The van der Waals surface area contributed by atoms with Crippen molar-refractivity contribution in [2.75, 3.05) is 26.2 Å². The highest BCUT2D eigenvalue weighted by molar-refractivity contribution is 6.13. The van der Waals surface area contributed by atoms with Crippen molar-refractivity contribution in [3.63, 3.8) is 0 Å². The third kappa shape index (κ3) is 4.77. The van der Waals surface area contributed by atoms with E-state index in [1.165, 1.54) is 11.0 Å². The predicted octanol–water partition coefficient (Wildman–Crippen LogP) is 1.39. The van der Waals surface area contributed by atoms with Gasteiger partial charge in [0.2, 0.25) is 11.8 Å². The summed E-state index contributed by atoms with van der Waals surface area (Å²) in [6, 6.07) is 1.73. The molecule has 0 saturated carbocycles. The van der Waals surface area contributed by atoms with E-state index in [0.29, 0.717) is 4.90 Å². The Morgan fingerprint density at radius 1 is 1.22 bits per heavy atom. The molecule has 0 N–H and O–H groups in total. The molecule has 12 heteroatoms. The molecule has 3 rings (SSSR count). The molecule has 0 aromatic heterocycles. The van der Waals surface area contributed by atoms with Crippen LogP contribution >= 0.6 is 0 Å². The average Bonchev–Trinajstić information content (AvgIpc) is 3.36. The Labute approximate surface area is 182 Å². The number of carbonyl (C=O) groups is 4. The standard InChI is InChI=1S/C20H23F3N4O5/c1-19(2,26-6-5-20(22,23)11-26)7-12(8-24)17(30)25-9-13(21)14(10-25)32-18(31)27-15(28)3-4-16(27)29/h7,13-14H,3-6,9-11H2,1-2H3/t13-,14?/m0/s1. The zero-order chi connectivity index (χ0) is 23.8. The minimum Gasteiger partial charge on any atom is -0.440 e. The van der Waals surface area contributed by atoms with Crippen LogP contribution in [0.4, 0.5) is 18.0 Å². The van der Waals surface area contributed by atoms with E-state index in [2.05, 4.69) is 0 Å². The van der Waals surface area contributed by atoms with Gasteiger partial charge in [-0.25, -0.2) is 18.0 Å². The van der Waals surface area contributed by atoms with Gasteiger partial charge in [-0.1, -0.05) is 0 Å². The lowest BCUT2D eigenvalue weighted by atomic mass is 9.99. The van der Waals surface area contributed by atoms with E-state index in [9.17, 15) is 37.6 Å². The van der Waals surface area contributed by atoms with Crippen LogP contribution in [0.5, 0.6) is 0 Å². The fourth-order valence-electron chi connectivity index (χ4n) is 3.96. The molecule has 3 fully saturated rings. The molecule has 32 heavy (non-hydrogen) atoms. The van der Waals surface area contributed by atoms with E-state index in [4.69, 9.17) is 4.74 Å². The van der Waals surface area contributed by atoms with Crippen LogP contribution in [0.25, 0.3) is 0 Å². The number of likely N-dealkylation sites (tertiary alicyclic amines) is 3. The normalized spacial score (nSPS) is 26.6. The highest BCUT2D eigenvalue weighted by Gasteiger charge is 2.45. The predicted molar refractivity (Wildman–Crippen MR) is 102 cm³/mol. The van der Waals surface area contributed by atoms with Crippen molar-refractivity contribution in [3.8, 4) is 6.07 Å². The van der Waals surface area contributed by atoms with E-state index in [1.54, 1.807) is 19.9 Å². The maximum absolute atomic E-state index is 14.4. The first kappa shape index (κ1) is 23.7. The number of amides is 4. The van der Waals surface area contributed by atoms with Crippen molar-refractivity contribution in [1.82, 2.24) is 14.7 Å².